The molecule has 2 atom stereocenters. The topological polar surface area (TPSA) is 140 Å². The number of anilines is 1. The number of allylic oxidation sites excluding steroid dienone is 2. The first-order valence-corrected chi connectivity index (χ1v) is 20.3. The summed E-state index contributed by atoms with van der Waals surface area (Å²) in [5.41, 5.74) is 1.67. The van der Waals surface area contributed by atoms with Crippen LogP contribution < -0.4 is 10.6 Å². The van der Waals surface area contributed by atoms with E-state index in [1.165, 1.54) is 35.1 Å². The molecule has 3 aromatic carbocycles. The number of β-lactam (4-membered cyclic amide) rings is 1. The van der Waals surface area contributed by atoms with Crippen molar-refractivity contribution in [1.82, 2.24) is 24.8 Å². The number of esters is 1. The Morgan fingerprint density at radius 2 is 1.58 bits per heavy atom. The van der Waals surface area contributed by atoms with Gasteiger partial charge < -0.3 is 24.8 Å². The summed E-state index contributed by atoms with van der Waals surface area (Å²) >= 11 is 2.75. The molecule has 2 aliphatic rings. The molecule has 1 saturated heterocycles. The van der Waals surface area contributed by atoms with E-state index in [1.807, 2.05) is 84.4 Å². The van der Waals surface area contributed by atoms with Crippen molar-refractivity contribution < 1.29 is 24.0 Å². The van der Waals surface area contributed by atoms with E-state index in [0.29, 0.717) is 22.3 Å². The number of amides is 2. The minimum absolute atomic E-state index is 0.0948. The summed E-state index contributed by atoms with van der Waals surface area (Å²) in [6, 6.07) is 28.9. The van der Waals surface area contributed by atoms with Crippen molar-refractivity contribution in [3.05, 3.63) is 160 Å². The predicted molar refractivity (Wildman–Crippen MR) is 222 cm³/mol. The van der Waals surface area contributed by atoms with E-state index in [1.54, 1.807) is 32.3 Å². The van der Waals surface area contributed by atoms with Crippen molar-refractivity contribution >= 4 is 51.7 Å². The second kappa shape index (κ2) is 16.6. The maximum atomic E-state index is 14.0. The van der Waals surface area contributed by atoms with Gasteiger partial charge in [0, 0.05) is 35.0 Å². The number of thioether (sulfide) groups is 1. The third-order valence-corrected chi connectivity index (χ3v) is 11.4. The molecule has 0 aliphatic carbocycles. The molecule has 14 heteroatoms. The number of hydrogen-bond acceptors (Lipinski definition) is 11. The first-order valence-electron chi connectivity index (χ1n) is 18.4. The van der Waals surface area contributed by atoms with Crippen molar-refractivity contribution in [2.45, 2.75) is 57.5 Å². The molecule has 4 heterocycles. The van der Waals surface area contributed by atoms with Crippen LogP contribution in [-0.2, 0) is 36.0 Å². The van der Waals surface area contributed by atoms with Crippen LogP contribution in [0, 0.1) is 6.92 Å². The van der Waals surface area contributed by atoms with Crippen molar-refractivity contribution in [1.29, 1.82) is 0 Å². The molecule has 57 heavy (non-hydrogen) atoms. The number of oxime groups is 1. The van der Waals surface area contributed by atoms with Crippen molar-refractivity contribution in [3.8, 4) is 0 Å². The lowest BCUT2D eigenvalue weighted by molar-refractivity contribution is -0.160. The first-order chi connectivity index (χ1) is 27.5. The van der Waals surface area contributed by atoms with Gasteiger partial charge in [0.05, 0.1) is 6.04 Å². The Bertz CT molecular complexity index is 2240. The van der Waals surface area contributed by atoms with E-state index in [2.05, 4.69) is 57.2 Å². The Labute approximate surface area is 339 Å². The molecule has 1 fully saturated rings. The van der Waals surface area contributed by atoms with Gasteiger partial charge >= 0.3 is 5.97 Å². The Kier molecular flexibility index (Phi) is 11.4. The number of rotatable bonds is 13. The van der Waals surface area contributed by atoms with Crippen LogP contribution in [0.3, 0.4) is 0 Å². The van der Waals surface area contributed by atoms with E-state index >= 15 is 0 Å². The summed E-state index contributed by atoms with van der Waals surface area (Å²) in [4.78, 5) is 57.8. The van der Waals surface area contributed by atoms with E-state index in [0.717, 1.165) is 22.5 Å². The molecule has 2 aliphatic heterocycles. The number of ether oxygens (including phenoxy) is 1. The average Bonchev–Trinajstić information content (AvgIpc) is 3.86. The highest BCUT2D eigenvalue weighted by atomic mass is 32.2. The zero-order chi connectivity index (χ0) is 40.2. The highest BCUT2D eigenvalue weighted by molar-refractivity contribution is 8.03. The molecule has 2 aromatic heterocycles. The molecular formula is C43H43N7O5S2. The summed E-state index contributed by atoms with van der Waals surface area (Å²) in [6.45, 7) is 7.78. The molecule has 0 bridgehead atoms. The van der Waals surface area contributed by atoms with Gasteiger partial charge in [0.1, 0.15) is 41.5 Å². The van der Waals surface area contributed by atoms with Crippen LogP contribution in [0.1, 0.15) is 49.0 Å². The average molecular weight is 802 g/mol. The highest BCUT2D eigenvalue weighted by Crippen LogP contribution is 2.42. The van der Waals surface area contributed by atoms with E-state index in [-0.39, 0.29) is 17.1 Å². The van der Waals surface area contributed by atoms with Gasteiger partial charge in [0.2, 0.25) is 0 Å². The van der Waals surface area contributed by atoms with Crippen molar-refractivity contribution in [2.24, 2.45) is 5.16 Å². The minimum atomic E-state index is -0.915. The van der Waals surface area contributed by atoms with Gasteiger partial charge in [-0.2, -0.15) is 0 Å². The second-order valence-corrected chi connectivity index (χ2v) is 16.3. The standard InChI is InChI=1S/C43H43N7O5S2/c1-28-44-23-25-49(28)24-15-22-34-37(40(53)55-42(2,3)4)50-33(27-56-34)36(39(50)52)46-38(51)35(48-54-5)32-26-57-41(45-32)47-43(29-16-9-6-10-17-29,30-18-11-7-12-19-30)31-20-13-8-14-21-31/h6-23,25-26,33,36H,24,27H2,1-5H3,(H,45,47)(H,46,51)/t33-,36+/m1/s1. The monoisotopic (exact) mass is 801 g/mol. The number of hydrogen-bond donors (Lipinski definition) is 2. The molecule has 12 nitrogen and oxygen atoms in total. The number of carbonyl (C=O) groups excluding carboxylic acids is 3. The fourth-order valence-corrected chi connectivity index (χ4v) is 8.87. The van der Waals surface area contributed by atoms with Crippen molar-refractivity contribution in [3.63, 3.8) is 0 Å². The van der Waals surface area contributed by atoms with Crippen LogP contribution in [0.25, 0.3) is 0 Å². The van der Waals surface area contributed by atoms with Crippen LogP contribution in [0.5, 0.6) is 0 Å². The highest BCUT2D eigenvalue weighted by Gasteiger charge is 2.54. The number of imidazole rings is 1. The maximum Gasteiger partial charge on any atom is 0.356 e. The smallest absolute Gasteiger partial charge is 0.356 e. The number of nitrogens with zero attached hydrogens (tertiary/aromatic N) is 5. The molecule has 292 valence electrons. The lowest BCUT2D eigenvalue weighted by Gasteiger charge is -2.50. The van der Waals surface area contributed by atoms with Crippen LogP contribution in [0.15, 0.2) is 137 Å². The summed E-state index contributed by atoms with van der Waals surface area (Å²) in [7, 11) is 1.35. The third-order valence-electron chi connectivity index (χ3n) is 9.54. The molecule has 2 amide bonds. The van der Waals surface area contributed by atoms with Gasteiger partial charge in [-0.1, -0.05) is 102 Å². The van der Waals surface area contributed by atoms with Gasteiger partial charge in [0.15, 0.2) is 10.8 Å². The molecule has 0 radical (unpaired) electrons. The number of carbonyl (C=O) groups is 3. The Morgan fingerprint density at radius 3 is 2.12 bits per heavy atom. The quantitative estimate of drug-likeness (QED) is 0.0440. The Hall–Kier alpha value is -5.99. The maximum absolute atomic E-state index is 14.0. The van der Waals surface area contributed by atoms with Gasteiger partial charge in [-0.3, -0.25) is 14.5 Å². The SMILES string of the molecule is CON=C(C(=O)N[C@@H]1C(=O)N2C(C(=O)OC(C)(C)C)=C(C=CCn3ccnc3C)SC[C@H]12)c1csc(NC(c2ccccc2)(c2ccccc2)c2ccccc2)n1. The summed E-state index contributed by atoms with van der Waals surface area (Å²) < 4.78 is 7.72. The lowest BCUT2D eigenvalue weighted by Crippen LogP contribution is -2.73. The molecular weight excluding hydrogens is 759 g/mol. The third kappa shape index (κ3) is 8.14. The van der Waals surface area contributed by atoms with E-state index < -0.39 is 41.0 Å². The summed E-state index contributed by atoms with van der Waals surface area (Å²) in [6.07, 6.45) is 7.34. The fraction of sp³-hybridized carbons (Fsp3) is 0.256. The molecule has 7 rings (SSSR count). The normalized spacial score (nSPS) is 17.2. The van der Waals surface area contributed by atoms with E-state index in [4.69, 9.17) is 14.6 Å². The van der Waals surface area contributed by atoms with Crippen molar-refractivity contribution in [2.75, 3.05) is 18.2 Å². The van der Waals surface area contributed by atoms with Crippen LogP contribution in [0.2, 0.25) is 0 Å². The van der Waals surface area contributed by atoms with Crippen LogP contribution >= 0.6 is 23.1 Å². The molecule has 0 saturated carbocycles. The first kappa shape index (κ1) is 39.3. The number of nitrogens with one attached hydrogen (secondary N) is 2. The second-order valence-electron chi connectivity index (χ2n) is 14.4. The van der Waals surface area contributed by atoms with Crippen LogP contribution in [-0.4, -0.2) is 73.5 Å². The molecule has 0 spiro atoms. The van der Waals surface area contributed by atoms with Gasteiger partial charge in [-0.15, -0.1) is 23.1 Å². The Morgan fingerprint density at radius 1 is 0.965 bits per heavy atom. The summed E-state index contributed by atoms with van der Waals surface area (Å²) in [5, 5.41) is 12.9. The zero-order valence-electron chi connectivity index (χ0n) is 32.2. The molecule has 2 N–H and O–H groups in total. The number of benzene rings is 3. The summed E-state index contributed by atoms with van der Waals surface area (Å²) in [5.74, 6) is -0.384. The predicted octanol–water partition coefficient (Wildman–Crippen LogP) is 6.65. The minimum Gasteiger partial charge on any atom is -0.455 e. The van der Waals surface area contributed by atoms with E-state index in [9.17, 15) is 14.4 Å². The number of thiazole rings is 1. The number of fused-ring (bicyclic) bond motifs is 1. The largest absolute Gasteiger partial charge is 0.455 e. The van der Waals surface area contributed by atoms with Gasteiger partial charge in [-0.05, 0) is 50.5 Å². The number of aromatic nitrogens is 3. The fourth-order valence-electron chi connectivity index (χ4n) is 6.92. The van der Waals surface area contributed by atoms with Gasteiger partial charge in [0.25, 0.3) is 11.8 Å². The number of aryl methyl sites for hydroxylation is 1. The lowest BCUT2D eigenvalue weighted by atomic mass is 9.77. The Balaban J connectivity index is 1.14. The van der Waals surface area contributed by atoms with Gasteiger partial charge in [-0.25, -0.2) is 14.8 Å². The van der Waals surface area contributed by atoms with Crippen LogP contribution in [0.4, 0.5) is 5.13 Å². The zero-order valence-corrected chi connectivity index (χ0v) is 33.8. The molecule has 0 unspecified atom stereocenters. The molecule has 5 aromatic rings.